The Hall–Kier alpha value is -2.10. The number of morpholine rings is 1. The number of alkyl halides is 2. The second kappa shape index (κ2) is 9.80. The number of rotatable bonds is 7. The number of amides is 1. The molecule has 1 aliphatic rings. The summed E-state index contributed by atoms with van der Waals surface area (Å²) in [5.41, 5.74) is 0.923. The van der Waals surface area contributed by atoms with Crippen molar-refractivity contribution < 1.29 is 23.0 Å². The molecule has 30 heavy (non-hydrogen) atoms. The fraction of sp³-hybridized carbons (Fsp3) is 0.524. The van der Waals surface area contributed by atoms with Gasteiger partial charge in [-0.1, -0.05) is 26.0 Å². The molecule has 0 aliphatic carbocycles. The summed E-state index contributed by atoms with van der Waals surface area (Å²) in [6, 6.07) is 6.15. The van der Waals surface area contributed by atoms with Gasteiger partial charge in [0.1, 0.15) is 5.75 Å². The third kappa shape index (κ3) is 5.53. The average molecular weight is 440 g/mol. The SMILES string of the molecule is CC1CN(C(C(=O)Nc2nc(-c3ccccc3OC(F)F)cs2)C(C)C)CC(C)O1. The molecule has 0 saturated carbocycles. The molecule has 2 heterocycles. The number of ether oxygens (including phenoxy) is 2. The van der Waals surface area contributed by atoms with Crippen LogP contribution in [0.1, 0.15) is 27.7 Å². The van der Waals surface area contributed by atoms with E-state index in [9.17, 15) is 13.6 Å². The van der Waals surface area contributed by atoms with Crippen molar-refractivity contribution in [2.75, 3.05) is 18.4 Å². The Balaban J connectivity index is 1.75. The number of nitrogens with one attached hydrogen (secondary N) is 1. The van der Waals surface area contributed by atoms with E-state index in [0.717, 1.165) is 0 Å². The molecule has 1 N–H and O–H groups in total. The molecule has 2 aromatic rings. The zero-order valence-corrected chi connectivity index (χ0v) is 18.3. The maximum absolute atomic E-state index is 13.1. The minimum Gasteiger partial charge on any atom is -0.434 e. The van der Waals surface area contributed by atoms with Crippen molar-refractivity contribution in [1.82, 2.24) is 9.88 Å². The lowest BCUT2D eigenvalue weighted by Gasteiger charge is -2.40. The summed E-state index contributed by atoms with van der Waals surface area (Å²) in [5.74, 6) is 0.0124. The largest absolute Gasteiger partial charge is 0.434 e. The fourth-order valence-electron chi connectivity index (χ4n) is 3.85. The van der Waals surface area contributed by atoms with Crippen molar-refractivity contribution >= 4 is 22.4 Å². The van der Waals surface area contributed by atoms with Crippen molar-refractivity contribution in [2.24, 2.45) is 5.92 Å². The van der Waals surface area contributed by atoms with Gasteiger partial charge in [-0.05, 0) is 31.9 Å². The van der Waals surface area contributed by atoms with E-state index >= 15 is 0 Å². The molecule has 1 amide bonds. The summed E-state index contributed by atoms with van der Waals surface area (Å²) in [6.07, 6.45) is 0.112. The topological polar surface area (TPSA) is 63.7 Å². The van der Waals surface area contributed by atoms with Gasteiger partial charge in [-0.15, -0.1) is 11.3 Å². The van der Waals surface area contributed by atoms with Crippen molar-refractivity contribution in [3.63, 3.8) is 0 Å². The minimum absolute atomic E-state index is 0.0482. The number of halogens is 2. The van der Waals surface area contributed by atoms with Crippen LogP contribution in [0.15, 0.2) is 29.6 Å². The van der Waals surface area contributed by atoms with Gasteiger partial charge >= 0.3 is 6.61 Å². The Bertz CT molecular complexity index is 852. The van der Waals surface area contributed by atoms with E-state index in [-0.39, 0.29) is 35.8 Å². The molecule has 1 fully saturated rings. The van der Waals surface area contributed by atoms with Gasteiger partial charge in [-0.25, -0.2) is 4.98 Å². The van der Waals surface area contributed by atoms with Crippen LogP contribution in [0.4, 0.5) is 13.9 Å². The van der Waals surface area contributed by atoms with Crippen LogP contribution >= 0.6 is 11.3 Å². The number of carbonyl (C=O) groups is 1. The number of anilines is 1. The highest BCUT2D eigenvalue weighted by Crippen LogP contribution is 2.33. The second-order valence-corrected chi connectivity index (χ2v) is 8.66. The molecule has 164 valence electrons. The van der Waals surface area contributed by atoms with E-state index < -0.39 is 6.61 Å². The van der Waals surface area contributed by atoms with Crippen LogP contribution in [0, 0.1) is 5.92 Å². The normalized spacial score (nSPS) is 21.1. The van der Waals surface area contributed by atoms with Gasteiger partial charge < -0.3 is 14.8 Å². The van der Waals surface area contributed by atoms with E-state index in [1.54, 1.807) is 23.6 Å². The van der Waals surface area contributed by atoms with Crippen molar-refractivity contribution in [2.45, 2.75) is 52.6 Å². The van der Waals surface area contributed by atoms with Crippen LogP contribution in [0.25, 0.3) is 11.3 Å². The molecule has 1 aliphatic heterocycles. The summed E-state index contributed by atoms with van der Waals surface area (Å²) < 4.78 is 35.7. The molecule has 3 atom stereocenters. The lowest BCUT2D eigenvalue weighted by Crippen LogP contribution is -2.55. The lowest BCUT2D eigenvalue weighted by molar-refractivity contribution is -0.130. The number of benzene rings is 1. The zero-order chi connectivity index (χ0) is 21.8. The number of hydrogen-bond acceptors (Lipinski definition) is 6. The Morgan fingerprint density at radius 1 is 1.27 bits per heavy atom. The molecular weight excluding hydrogens is 412 g/mol. The van der Waals surface area contributed by atoms with Crippen LogP contribution in [0.2, 0.25) is 0 Å². The average Bonchev–Trinajstić information content (AvgIpc) is 3.08. The van der Waals surface area contributed by atoms with Crippen LogP contribution in [-0.2, 0) is 9.53 Å². The van der Waals surface area contributed by atoms with E-state index in [1.807, 2.05) is 27.7 Å². The van der Waals surface area contributed by atoms with Crippen LogP contribution in [0.5, 0.6) is 5.75 Å². The number of carbonyl (C=O) groups excluding carboxylic acids is 1. The maximum Gasteiger partial charge on any atom is 0.387 e. The highest BCUT2D eigenvalue weighted by Gasteiger charge is 2.34. The predicted molar refractivity (Wildman–Crippen MR) is 113 cm³/mol. The number of para-hydroxylation sites is 1. The van der Waals surface area contributed by atoms with Crippen molar-refractivity contribution in [3.05, 3.63) is 29.6 Å². The number of hydrogen-bond donors (Lipinski definition) is 1. The third-order valence-electron chi connectivity index (χ3n) is 4.85. The van der Waals surface area contributed by atoms with Gasteiger partial charge in [-0.2, -0.15) is 8.78 Å². The Kier molecular flexibility index (Phi) is 7.38. The molecule has 0 bridgehead atoms. The van der Waals surface area contributed by atoms with Gasteiger partial charge in [-0.3, -0.25) is 9.69 Å². The highest BCUT2D eigenvalue weighted by atomic mass is 32.1. The molecule has 3 rings (SSSR count). The van der Waals surface area contributed by atoms with Gasteiger partial charge in [0.15, 0.2) is 5.13 Å². The fourth-order valence-corrected chi connectivity index (χ4v) is 4.56. The summed E-state index contributed by atoms with van der Waals surface area (Å²) in [4.78, 5) is 19.6. The van der Waals surface area contributed by atoms with Crippen LogP contribution < -0.4 is 10.1 Å². The molecule has 1 aromatic carbocycles. The van der Waals surface area contributed by atoms with E-state index in [4.69, 9.17) is 4.74 Å². The first kappa shape index (κ1) is 22.6. The van der Waals surface area contributed by atoms with Gasteiger partial charge in [0.05, 0.1) is 23.9 Å². The Morgan fingerprint density at radius 2 is 1.93 bits per heavy atom. The molecule has 9 heteroatoms. The molecule has 0 spiro atoms. The third-order valence-corrected chi connectivity index (χ3v) is 5.61. The minimum atomic E-state index is -2.92. The number of aromatic nitrogens is 1. The van der Waals surface area contributed by atoms with Crippen molar-refractivity contribution in [1.29, 1.82) is 0 Å². The molecule has 0 radical (unpaired) electrons. The number of nitrogens with zero attached hydrogens (tertiary/aromatic N) is 2. The standard InChI is InChI=1S/C21H27F2N3O3S/c1-12(2)18(26-9-13(3)28-14(4)10-26)19(27)25-21-24-16(11-30-21)15-7-5-6-8-17(15)29-20(22)23/h5-8,11-14,18,20H,9-10H2,1-4H3,(H,24,25,27). The molecule has 6 nitrogen and oxygen atoms in total. The maximum atomic E-state index is 13.1. The van der Waals surface area contributed by atoms with Crippen molar-refractivity contribution in [3.8, 4) is 17.0 Å². The van der Waals surface area contributed by atoms with Crippen LogP contribution in [0.3, 0.4) is 0 Å². The second-order valence-electron chi connectivity index (χ2n) is 7.80. The molecule has 1 aromatic heterocycles. The summed E-state index contributed by atoms with van der Waals surface area (Å²) >= 11 is 1.25. The lowest BCUT2D eigenvalue weighted by atomic mass is 10.00. The zero-order valence-electron chi connectivity index (χ0n) is 17.5. The monoisotopic (exact) mass is 439 g/mol. The summed E-state index contributed by atoms with van der Waals surface area (Å²) in [5, 5.41) is 5.03. The first-order valence-electron chi connectivity index (χ1n) is 9.94. The van der Waals surface area contributed by atoms with E-state index in [1.165, 1.54) is 17.4 Å². The Morgan fingerprint density at radius 3 is 2.57 bits per heavy atom. The molecular formula is C21H27F2N3O3S. The number of thiazole rings is 1. The molecule has 3 unspecified atom stereocenters. The summed E-state index contributed by atoms with van der Waals surface area (Å²) in [7, 11) is 0. The predicted octanol–water partition coefficient (Wildman–Crippen LogP) is 4.48. The van der Waals surface area contributed by atoms with Crippen LogP contribution in [-0.4, -0.2) is 53.7 Å². The summed E-state index contributed by atoms with van der Waals surface area (Å²) in [6.45, 7) is 6.48. The van der Waals surface area contributed by atoms with E-state index in [2.05, 4.69) is 19.9 Å². The quantitative estimate of drug-likeness (QED) is 0.689. The molecule has 1 saturated heterocycles. The first-order chi connectivity index (χ1) is 14.2. The van der Waals surface area contributed by atoms with Gasteiger partial charge in [0, 0.05) is 24.0 Å². The highest BCUT2D eigenvalue weighted by molar-refractivity contribution is 7.14. The smallest absolute Gasteiger partial charge is 0.387 e. The van der Waals surface area contributed by atoms with Gasteiger partial charge in [0.25, 0.3) is 0 Å². The van der Waals surface area contributed by atoms with Gasteiger partial charge in [0.2, 0.25) is 5.91 Å². The first-order valence-corrected chi connectivity index (χ1v) is 10.8. The van der Waals surface area contributed by atoms with E-state index in [0.29, 0.717) is 29.5 Å². The Labute approximate surface area is 179 Å².